The molecule has 3 heterocycles. The summed E-state index contributed by atoms with van der Waals surface area (Å²) in [6.07, 6.45) is -0.395. The van der Waals surface area contributed by atoms with E-state index in [0.717, 1.165) is 47.0 Å². The fourth-order valence-electron chi connectivity index (χ4n) is 5.46. The number of carbonyl (C=O) groups excluding carboxylic acids is 2. The summed E-state index contributed by atoms with van der Waals surface area (Å²) in [5.74, 6) is 0.0431. The Morgan fingerprint density at radius 3 is 2.55 bits per heavy atom. The number of aliphatic hydroxyl groups is 1. The minimum Gasteiger partial charge on any atom is -0.491 e. The van der Waals surface area contributed by atoms with Gasteiger partial charge in [0.25, 0.3) is 0 Å². The Labute approximate surface area is 244 Å². The Balaban J connectivity index is 1.09. The van der Waals surface area contributed by atoms with Gasteiger partial charge in [-0.2, -0.15) is 0 Å². The fourth-order valence-corrected chi connectivity index (χ4v) is 6.67. The summed E-state index contributed by atoms with van der Waals surface area (Å²) in [7, 11) is 0. The topological polar surface area (TPSA) is 86.2 Å². The van der Waals surface area contributed by atoms with Gasteiger partial charge < -0.3 is 9.84 Å². The van der Waals surface area contributed by atoms with E-state index < -0.39 is 6.10 Å². The molecule has 8 nitrogen and oxygen atoms in total. The number of rotatable bonds is 8. The molecule has 2 aliphatic heterocycles. The standard InChI is InChI=1S/C30H37ClN4O4S/c1-19-32-26-15-23(6-8-27(26)40-19)39-18-22(36)17-34-11-9-33(10-12-34)16-20-13-28(37)35(29(20)38)21-5-7-25(31)24(14-21)30(2,3)4/h5-8,14-15,20,22,36H,9-13,16-18H2,1-4H3/t20?,22-/m1/s1. The lowest BCUT2D eigenvalue weighted by Gasteiger charge is -2.36. The third kappa shape index (κ3) is 6.50. The van der Waals surface area contributed by atoms with Gasteiger partial charge in [0.1, 0.15) is 18.5 Å². The van der Waals surface area contributed by atoms with Crippen LogP contribution in [-0.2, 0) is 15.0 Å². The highest BCUT2D eigenvalue weighted by atomic mass is 35.5. The van der Waals surface area contributed by atoms with Crippen LogP contribution in [0.4, 0.5) is 5.69 Å². The summed E-state index contributed by atoms with van der Waals surface area (Å²) in [5, 5.41) is 12.2. The van der Waals surface area contributed by atoms with Crippen molar-refractivity contribution in [1.82, 2.24) is 14.8 Å². The Bertz CT molecular complexity index is 1400. The highest BCUT2D eigenvalue weighted by molar-refractivity contribution is 7.18. The third-order valence-electron chi connectivity index (χ3n) is 7.58. The lowest BCUT2D eigenvalue weighted by Crippen LogP contribution is -2.50. The van der Waals surface area contributed by atoms with Gasteiger partial charge in [0, 0.05) is 56.8 Å². The summed E-state index contributed by atoms with van der Waals surface area (Å²) in [6, 6.07) is 11.2. The first-order valence-electron chi connectivity index (χ1n) is 13.8. The quantitative estimate of drug-likeness (QED) is 0.390. The molecule has 0 radical (unpaired) electrons. The largest absolute Gasteiger partial charge is 0.491 e. The molecule has 2 atom stereocenters. The first-order valence-corrected chi connectivity index (χ1v) is 15.0. The van der Waals surface area contributed by atoms with Gasteiger partial charge in [-0.25, -0.2) is 4.98 Å². The van der Waals surface area contributed by atoms with Crippen LogP contribution < -0.4 is 9.64 Å². The Morgan fingerprint density at radius 2 is 1.82 bits per heavy atom. The number of amides is 2. The zero-order valence-electron chi connectivity index (χ0n) is 23.5. The van der Waals surface area contributed by atoms with Gasteiger partial charge in [0.05, 0.1) is 26.8 Å². The van der Waals surface area contributed by atoms with Crippen LogP contribution in [0.1, 0.15) is 37.8 Å². The molecule has 0 aliphatic carbocycles. The Hall–Kier alpha value is -2.56. The average Bonchev–Trinajstić information content (AvgIpc) is 3.40. The number of halogens is 1. The molecular weight excluding hydrogens is 548 g/mol. The molecule has 214 valence electrons. The van der Waals surface area contributed by atoms with Gasteiger partial charge in [0.15, 0.2) is 0 Å². The van der Waals surface area contributed by atoms with Crippen molar-refractivity contribution in [1.29, 1.82) is 0 Å². The van der Waals surface area contributed by atoms with E-state index in [4.69, 9.17) is 16.3 Å². The molecule has 1 aromatic heterocycles. The SMILES string of the molecule is Cc1nc2cc(OC[C@H](O)CN3CCN(CC4CC(=O)N(c5ccc(Cl)c(C(C)(C)C)c5)C4=O)CC3)ccc2s1. The van der Waals surface area contributed by atoms with Crippen molar-refractivity contribution < 1.29 is 19.4 Å². The summed E-state index contributed by atoms with van der Waals surface area (Å²) < 4.78 is 6.96. The maximum atomic E-state index is 13.3. The van der Waals surface area contributed by atoms with Crippen molar-refractivity contribution in [3.63, 3.8) is 0 Å². The van der Waals surface area contributed by atoms with E-state index in [-0.39, 0.29) is 36.2 Å². The Morgan fingerprint density at radius 1 is 1.10 bits per heavy atom. The van der Waals surface area contributed by atoms with Gasteiger partial charge in [-0.05, 0) is 48.2 Å². The highest BCUT2D eigenvalue weighted by Crippen LogP contribution is 2.35. The van der Waals surface area contributed by atoms with Gasteiger partial charge in [-0.3, -0.25) is 24.3 Å². The smallest absolute Gasteiger partial charge is 0.238 e. The first kappa shape index (κ1) is 29.0. The number of β-amino-alcohol motifs (C(OH)–C–C–N with tert-alkyl or cyclic N) is 1. The second-order valence-corrected chi connectivity index (χ2v) is 13.5. The molecule has 0 bridgehead atoms. The van der Waals surface area contributed by atoms with Crippen LogP contribution in [0.15, 0.2) is 36.4 Å². The van der Waals surface area contributed by atoms with E-state index in [1.165, 1.54) is 4.90 Å². The van der Waals surface area contributed by atoms with Crippen molar-refractivity contribution in [2.45, 2.75) is 45.6 Å². The van der Waals surface area contributed by atoms with Crippen LogP contribution >= 0.6 is 22.9 Å². The molecule has 2 aromatic carbocycles. The number of carbonyl (C=O) groups is 2. The van der Waals surface area contributed by atoms with Gasteiger partial charge >= 0.3 is 0 Å². The summed E-state index contributed by atoms with van der Waals surface area (Å²) >= 11 is 8.05. The second kappa shape index (κ2) is 11.7. The molecule has 0 saturated carbocycles. The molecule has 10 heteroatoms. The van der Waals surface area contributed by atoms with E-state index in [1.54, 1.807) is 23.5 Å². The van der Waals surface area contributed by atoms with Crippen LogP contribution in [0.25, 0.3) is 10.2 Å². The maximum Gasteiger partial charge on any atom is 0.238 e. The number of hydrogen-bond donors (Lipinski definition) is 1. The van der Waals surface area contributed by atoms with E-state index in [0.29, 0.717) is 29.5 Å². The third-order valence-corrected chi connectivity index (χ3v) is 8.86. The van der Waals surface area contributed by atoms with Crippen molar-refractivity contribution in [3.05, 3.63) is 52.0 Å². The van der Waals surface area contributed by atoms with Crippen LogP contribution in [0.5, 0.6) is 5.75 Å². The van der Waals surface area contributed by atoms with Crippen molar-refractivity contribution in [2.24, 2.45) is 5.92 Å². The minimum atomic E-state index is -0.612. The molecule has 2 saturated heterocycles. The normalized spacial score (nSPS) is 20.1. The molecule has 40 heavy (non-hydrogen) atoms. The monoisotopic (exact) mass is 584 g/mol. The number of aryl methyl sites for hydroxylation is 1. The van der Waals surface area contributed by atoms with Gasteiger partial charge in [0.2, 0.25) is 11.8 Å². The molecular formula is C30H37ClN4O4S. The predicted octanol–water partition coefficient (Wildman–Crippen LogP) is 4.49. The Kier molecular flexibility index (Phi) is 8.50. The minimum absolute atomic E-state index is 0.145. The molecule has 2 fully saturated rings. The number of fused-ring (bicyclic) bond motifs is 1. The van der Waals surface area contributed by atoms with E-state index >= 15 is 0 Å². The lowest BCUT2D eigenvalue weighted by atomic mass is 9.86. The van der Waals surface area contributed by atoms with E-state index in [2.05, 4.69) is 35.6 Å². The first-order chi connectivity index (χ1) is 19.0. The highest BCUT2D eigenvalue weighted by Gasteiger charge is 2.41. The maximum absolute atomic E-state index is 13.3. The molecule has 1 N–H and O–H groups in total. The van der Waals surface area contributed by atoms with E-state index in [9.17, 15) is 14.7 Å². The predicted molar refractivity (Wildman–Crippen MR) is 159 cm³/mol. The van der Waals surface area contributed by atoms with Gasteiger partial charge in [-0.1, -0.05) is 32.4 Å². The van der Waals surface area contributed by atoms with Crippen LogP contribution in [0.2, 0.25) is 5.02 Å². The number of aliphatic hydroxyl groups excluding tert-OH is 1. The molecule has 0 spiro atoms. The molecule has 1 unspecified atom stereocenters. The number of aromatic nitrogens is 1. The molecule has 2 aliphatic rings. The number of piperazine rings is 1. The van der Waals surface area contributed by atoms with Gasteiger partial charge in [-0.15, -0.1) is 11.3 Å². The van der Waals surface area contributed by atoms with Crippen molar-refractivity contribution >= 4 is 50.7 Å². The number of benzene rings is 2. The molecule has 2 amide bonds. The zero-order valence-corrected chi connectivity index (χ0v) is 25.1. The molecule has 3 aromatic rings. The summed E-state index contributed by atoms with van der Waals surface area (Å²) in [6.45, 7) is 12.6. The van der Waals surface area contributed by atoms with Crippen molar-refractivity contribution in [2.75, 3.05) is 50.8 Å². The number of ether oxygens (including phenoxy) is 1. The van der Waals surface area contributed by atoms with E-state index in [1.807, 2.05) is 31.2 Å². The zero-order chi connectivity index (χ0) is 28.6. The van der Waals surface area contributed by atoms with Crippen LogP contribution in [0.3, 0.4) is 0 Å². The van der Waals surface area contributed by atoms with Crippen LogP contribution in [-0.4, -0.2) is 83.7 Å². The number of anilines is 1. The molecule has 5 rings (SSSR count). The average molecular weight is 585 g/mol. The summed E-state index contributed by atoms with van der Waals surface area (Å²) in [4.78, 5) is 36.5. The summed E-state index contributed by atoms with van der Waals surface area (Å²) in [5.41, 5.74) is 2.22. The fraction of sp³-hybridized carbons (Fsp3) is 0.500. The number of thiazole rings is 1. The second-order valence-electron chi connectivity index (χ2n) is 11.8. The van der Waals surface area contributed by atoms with Crippen LogP contribution in [0, 0.1) is 12.8 Å². The number of hydrogen-bond acceptors (Lipinski definition) is 8. The lowest BCUT2D eigenvalue weighted by molar-refractivity contribution is -0.122. The number of imide groups is 1. The van der Waals surface area contributed by atoms with Crippen molar-refractivity contribution in [3.8, 4) is 5.75 Å². The number of nitrogens with zero attached hydrogens (tertiary/aromatic N) is 4.